The molecule has 0 radical (unpaired) electrons. The predicted octanol–water partition coefficient (Wildman–Crippen LogP) is 2.64. The summed E-state index contributed by atoms with van der Waals surface area (Å²) in [6.07, 6.45) is 1.70. The van der Waals surface area contributed by atoms with Gasteiger partial charge in [-0.1, -0.05) is 0 Å². The largest absolute Gasteiger partial charge is 0.369 e. The molecule has 5 nitrogen and oxygen atoms in total. The summed E-state index contributed by atoms with van der Waals surface area (Å²) in [5.74, 6) is 0.366. The van der Waals surface area contributed by atoms with E-state index in [1.807, 2.05) is 18.2 Å². The van der Waals surface area contributed by atoms with Crippen molar-refractivity contribution in [2.45, 2.75) is 0 Å². The van der Waals surface area contributed by atoms with E-state index in [9.17, 15) is 0 Å². The summed E-state index contributed by atoms with van der Waals surface area (Å²) in [7, 11) is 0. The van der Waals surface area contributed by atoms with E-state index >= 15 is 0 Å². The van der Waals surface area contributed by atoms with E-state index in [2.05, 4.69) is 32.0 Å². The predicted molar refractivity (Wildman–Crippen MR) is 75.7 cm³/mol. The number of imidazole rings is 1. The van der Waals surface area contributed by atoms with Gasteiger partial charge in [0.25, 0.3) is 0 Å². The van der Waals surface area contributed by atoms with Crippen LogP contribution < -0.4 is 5.73 Å². The fraction of sp³-hybridized carbons (Fsp3) is 0. The second-order valence-electron chi connectivity index (χ2n) is 3.96. The molecule has 2 N–H and O–H groups in total. The van der Waals surface area contributed by atoms with Crippen molar-refractivity contribution in [1.82, 2.24) is 14.5 Å². The topological polar surface area (TPSA) is 80.5 Å². The number of nitrogen functional groups attached to an aromatic ring is 1. The molecule has 0 aliphatic heterocycles. The van der Waals surface area contributed by atoms with Gasteiger partial charge in [0.05, 0.1) is 17.3 Å². The lowest BCUT2D eigenvalue weighted by atomic mass is 10.2. The minimum atomic E-state index is 0.366. The Morgan fingerprint density at radius 2 is 2.00 bits per heavy atom. The van der Waals surface area contributed by atoms with Crippen LogP contribution in [0.2, 0.25) is 0 Å². The number of nitrogens with two attached hydrogens (primary N) is 1. The summed E-state index contributed by atoms with van der Waals surface area (Å²) in [6, 6.07) is 11.1. The van der Waals surface area contributed by atoms with E-state index in [0.717, 1.165) is 15.7 Å². The van der Waals surface area contributed by atoms with Crippen LogP contribution in [0.1, 0.15) is 5.56 Å². The van der Waals surface area contributed by atoms with Crippen LogP contribution in [0.5, 0.6) is 0 Å². The van der Waals surface area contributed by atoms with Gasteiger partial charge in [-0.25, -0.2) is 9.97 Å². The van der Waals surface area contributed by atoms with Crippen molar-refractivity contribution in [3.8, 4) is 11.8 Å². The molecule has 19 heavy (non-hydrogen) atoms. The first-order valence-electron chi connectivity index (χ1n) is 5.49. The first kappa shape index (κ1) is 11.7. The first-order chi connectivity index (χ1) is 9.19. The van der Waals surface area contributed by atoms with E-state index in [0.29, 0.717) is 17.2 Å². The number of hydrogen-bond acceptors (Lipinski definition) is 4. The van der Waals surface area contributed by atoms with E-state index in [4.69, 9.17) is 11.0 Å². The number of nitrogens with zero attached hydrogens (tertiary/aromatic N) is 4. The van der Waals surface area contributed by atoms with Crippen LogP contribution in [-0.2, 0) is 0 Å². The van der Waals surface area contributed by atoms with Gasteiger partial charge in [-0.2, -0.15) is 5.26 Å². The fourth-order valence-corrected chi connectivity index (χ4v) is 2.22. The van der Waals surface area contributed by atoms with Gasteiger partial charge in [-0.05, 0) is 46.3 Å². The summed E-state index contributed by atoms with van der Waals surface area (Å²) in [4.78, 5) is 8.61. The molecule has 0 saturated carbocycles. The van der Waals surface area contributed by atoms with E-state index in [1.165, 1.54) is 0 Å². The van der Waals surface area contributed by atoms with E-state index < -0.39 is 0 Å². The lowest BCUT2D eigenvalue weighted by Gasteiger charge is -2.05. The molecule has 0 bridgehead atoms. The lowest BCUT2D eigenvalue weighted by Crippen LogP contribution is -2.01. The van der Waals surface area contributed by atoms with Gasteiger partial charge in [0.15, 0.2) is 5.65 Å². The van der Waals surface area contributed by atoms with Crippen molar-refractivity contribution in [2.24, 2.45) is 0 Å². The summed E-state index contributed by atoms with van der Waals surface area (Å²) in [5.41, 5.74) is 8.77. The average Bonchev–Trinajstić information content (AvgIpc) is 2.74. The van der Waals surface area contributed by atoms with Crippen LogP contribution in [0.3, 0.4) is 0 Å². The number of halogens is 1. The number of aromatic nitrogens is 3. The Kier molecular flexibility index (Phi) is 2.69. The van der Waals surface area contributed by atoms with Crippen molar-refractivity contribution >= 4 is 33.0 Å². The quantitative estimate of drug-likeness (QED) is 0.749. The second kappa shape index (κ2) is 4.37. The smallest absolute Gasteiger partial charge is 0.207 e. The minimum Gasteiger partial charge on any atom is -0.369 e. The Hall–Kier alpha value is -2.39. The Balaban J connectivity index is 2.24. The van der Waals surface area contributed by atoms with Crippen LogP contribution in [-0.4, -0.2) is 14.5 Å². The summed E-state index contributed by atoms with van der Waals surface area (Å²) < 4.78 is 2.60. The molecule has 0 aliphatic carbocycles. The summed E-state index contributed by atoms with van der Waals surface area (Å²) >= 11 is 3.35. The maximum Gasteiger partial charge on any atom is 0.207 e. The first-order valence-corrected chi connectivity index (χ1v) is 6.28. The summed E-state index contributed by atoms with van der Waals surface area (Å²) in [5, 5.41) is 8.80. The van der Waals surface area contributed by atoms with Crippen molar-refractivity contribution < 1.29 is 0 Å². The molecule has 6 heteroatoms. The number of pyridine rings is 1. The van der Waals surface area contributed by atoms with Gasteiger partial charge >= 0.3 is 0 Å². The van der Waals surface area contributed by atoms with Crippen LogP contribution in [0.25, 0.3) is 16.9 Å². The van der Waals surface area contributed by atoms with Crippen LogP contribution in [0.4, 0.5) is 5.95 Å². The fourth-order valence-electron chi connectivity index (χ4n) is 1.90. The molecule has 3 rings (SSSR count). The number of benzene rings is 1. The molecule has 0 atom stereocenters. The molecule has 1 aromatic carbocycles. The molecule has 0 spiro atoms. The molecule has 2 aromatic heterocycles. The maximum absolute atomic E-state index is 8.80. The van der Waals surface area contributed by atoms with Crippen LogP contribution >= 0.6 is 15.9 Å². The molecular formula is C13H8BrN5. The maximum atomic E-state index is 8.80. The Morgan fingerprint density at radius 3 is 2.68 bits per heavy atom. The Morgan fingerprint density at radius 1 is 1.26 bits per heavy atom. The molecular weight excluding hydrogens is 306 g/mol. The molecule has 0 amide bonds. The van der Waals surface area contributed by atoms with Crippen LogP contribution in [0, 0.1) is 11.3 Å². The van der Waals surface area contributed by atoms with Gasteiger partial charge in [-0.15, -0.1) is 0 Å². The SMILES string of the molecule is N#Cc1ccc(-n2c(N)nc3cc(Br)cnc32)cc1. The number of nitriles is 1. The highest BCUT2D eigenvalue weighted by Crippen LogP contribution is 2.23. The third-order valence-corrected chi connectivity index (χ3v) is 3.18. The lowest BCUT2D eigenvalue weighted by molar-refractivity contribution is 1.08. The zero-order chi connectivity index (χ0) is 13.4. The highest BCUT2D eigenvalue weighted by Gasteiger charge is 2.11. The molecule has 2 heterocycles. The average molecular weight is 314 g/mol. The third kappa shape index (κ3) is 1.94. The highest BCUT2D eigenvalue weighted by atomic mass is 79.9. The number of hydrogen-bond donors (Lipinski definition) is 1. The Labute approximate surface area is 117 Å². The van der Waals surface area contributed by atoms with Crippen molar-refractivity contribution in [3.63, 3.8) is 0 Å². The highest BCUT2D eigenvalue weighted by molar-refractivity contribution is 9.10. The third-order valence-electron chi connectivity index (χ3n) is 2.74. The van der Waals surface area contributed by atoms with Gasteiger partial charge in [0.2, 0.25) is 5.95 Å². The van der Waals surface area contributed by atoms with Gasteiger partial charge < -0.3 is 5.73 Å². The summed E-state index contributed by atoms with van der Waals surface area (Å²) in [6.45, 7) is 0. The van der Waals surface area contributed by atoms with Gasteiger partial charge in [-0.3, -0.25) is 4.57 Å². The second-order valence-corrected chi connectivity index (χ2v) is 4.88. The van der Waals surface area contributed by atoms with Gasteiger partial charge in [0, 0.05) is 10.7 Å². The number of rotatable bonds is 1. The van der Waals surface area contributed by atoms with E-state index in [-0.39, 0.29) is 0 Å². The van der Waals surface area contributed by atoms with Crippen molar-refractivity contribution in [1.29, 1.82) is 5.26 Å². The molecule has 0 saturated heterocycles. The molecule has 0 fully saturated rings. The standard InChI is InChI=1S/C13H8BrN5/c14-9-5-11-12(17-7-9)19(13(16)18-11)10-3-1-8(6-15)2-4-10/h1-5,7H,(H2,16,18). The van der Waals surface area contributed by atoms with Crippen molar-refractivity contribution in [2.75, 3.05) is 5.73 Å². The molecule has 0 unspecified atom stereocenters. The molecule has 92 valence electrons. The monoisotopic (exact) mass is 313 g/mol. The molecule has 3 aromatic rings. The molecule has 0 aliphatic rings. The normalized spacial score (nSPS) is 10.5. The number of fused-ring (bicyclic) bond motifs is 1. The number of anilines is 1. The minimum absolute atomic E-state index is 0.366. The van der Waals surface area contributed by atoms with Crippen molar-refractivity contribution in [3.05, 3.63) is 46.6 Å². The van der Waals surface area contributed by atoms with Crippen LogP contribution in [0.15, 0.2) is 41.0 Å². The van der Waals surface area contributed by atoms with Gasteiger partial charge in [0.1, 0.15) is 5.52 Å². The Bertz CT molecular complexity index is 798. The van der Waals surface area contributed by atoms with E-state index in [1.54, 1.807) is 22.9 Å². The zero-order valence-electron chi connectivity index (χ0n) is 9.71. The zero-order valence-corrected chi connectivity index (χ0v) is 11.3.